The molecule has 0 spiro atoms. The van der Waals surface area contributed by atoms with E-state index >= 15 is 0 Å². The van der Waals surface area contributed by atoms with Crippen LogP contribution in [0.25, 0.3) is 71.6 Å². The molecule has 0 bridgehead atoms. The maximum atomic E-state index is 3.71. The maximum absolute atomic E-state index is 3.71. The number of fused-ring (bicyclic) bond motifs is 4. The van der Waals surface area contributed by atoms with Crippen LogP contribution in [0.15, 0.2) is 162 Å². The number of rotatable bonds is 4. The Morgan fingerprint density at radius 3 is 1.90 bits per heavy atom. The second-order valence-corrected chi connectivity index (χ2v) is 11.7. The Kier molecular flexibility index (Phi) is 6.01. The third-order valence-electron chi connectivity index (χ3n) is 8.22. The lowest BCUT2D eigenvalue weighted by Gasteiger charge is -2.16. The van der Waals surface area contributed by atoms with E-state index in [1.165, 1.54) is 66.0 Å². The van der Waals surface area contributed by atoms with Gasteiger partial charge in [-0.1, -0.05) is 125 Å². The summed E-state index contributed by atoms with van der Waals surface area (Å²) in [5, 5.41) is 4.98. The molecule has 42 heavy (non-hydrogen) atoms. The molecule has 1 heterocycles. The van der Waals surface area contributed by atoms with Crippen molar-refractivity contribution in [2.75, 3.05) is 0 Å². The van der Waals surface area contributed by atoms with Gasteiger partial charge < -0.3 is 4.57 Å². The third kappa shape index (κ3) is 4.24. The highest BCUT2D eigenvalue weighted by molar-refractivity contribution is 9.10. The zero-order valence-corrected chi connectivity index (χ0v) is 24.4. The van der Waals surface area contributed by atoms with Gasteiger partial charge in [0.25, 0.3) is 0 Å². The van der Waals surface area contributed by atoms with Crippen LogP contribution in [0, 0.1) is 0 Å². The van der Waals surface area contributed by atoms with E-state index < -0.39 is 0 Å². The Morgan fingerprint density at radius 1 is 0.381 bits per heavy atom. The monoisotopic (exact) mass is 599 g/mol. The summed E-state index contributed by atoms with van der Waals surface area (Å²) in [7, 11) is 0. The van der Waals surface area contributed by atoms with Crippen LogP contribution >= 0.6 is 15.9 Å². The Balaban J connectivity index is 1.44. The summed E-state index contributed by atoms with van der Waals surface area (Å²) in [4.78, 5) is 0. The Bertz CT molecular complexity index is 2260. The molecule has 0 aliphatic rings. The average molecular weight is 601 g/mol. The Labute approximate surface area is 253 Å². The normalized spacial score (nSPS) is 11.5. The van der Waals surface area contributed by atoms with Crippen molar-refractivity contribution >= 4 is 48.5 Å². The molecule has 0 unspecified atom stereocenters. The number of hydrogen-bond donors (Lipinski definition) is 0. The van der Waals surface area contributed by atoms with Gasteiger partial charge >= 0.3 is 0 Å². The molecular weight excluding hydrogens is 574 g/mol. The van der Waals surface area contributed by atoms with E-state index in [4.69, 9.17) is 0 Å². The first-order valence-corrected chi connectivity index (χ1v) is 15.0. The SMILES string of the molecule is Brc1ccc2c(c1)c1ccccc1n2-c1cc(-c2ccc3ccccc3c2)cc(-c2ccccc2-c2ccccc2)c1. The molecule has 198 valence electrons. The molecule has 1 nitrogen and oxygen atoms in total. The Hall–Kier alpha value is -4.92. The molecule has 0 fully saturated rings. The number of nitrogens with zero attached hydrogens (tertiary/aromatic N) is 1. The van der Waals surface area contributed by atoms with Crippen LogP contribution < -0.4 is 0 Å². The summed E-state index contributed by atoms with van der Waals surface area (Å²) >= 11 is 3.71. The summed E-state index contributed by atoms with van der Waals surface area (Å²) in [6.07, 6.45) is 0. The molecule has 0 saturated heterocycles. The minimum Gasteiger partial charge on any atom is -0.309 e. The lowest BCUT2D eigenvalue weighted by Crippen LogP contribution is -1.96. The predicted molar refractivity (Wildman–Crippen MR) is 182 cm³/mol. The molecule has 0 radical (unpaired) electrons. The average Bonchev–Trinajstić information content (AvgIpc) is 3.38. The lowest BCUT2D eigenvalue weighted by atomic mass is 9.91. The van der Waals surface area contributed by atoms with Crippen molar-refractivity contribution < 1.29 is 0 Å². The molecule has 0 N–H and O–H groups in total. The van der Waals surface area contributed by atoms with E-state index in [1.807, 2.05) is 0 Å². The maximum Gasteiger partial charge on any atom is 0.0541 e. The van der Waals surface area contributed by atoms with E-state index in [2.05, 4.69) is 178 Å². The minimum atomic E-state index is 1.08. The number of benzene rings is 7. The van der Waals surface area contributed by atoms with Crippen molar-refractivity contribution in [3.8, 4) is 39.1 Å². The first-order valence-electron chi connectivity index (χ1n) is 14.2. The van der Waals surface area contributed by atoms with E-state index in [0.717, 1.165) is 10.2 Å². The van der Waals surface area contributed by atoms with E-state index in [1.54, 1.807) is 0 Å². The second-order valence-electron chi connectivity index (χ2n) is 10.8. The van der Waals surface area contributed by atoms with Crippen LogP contribution in [0.3, 0.4) is 0 Å². The van der Waals surface area contributed by atoms with Gasteiger partial charge in [0.1, 0.15) is 0 Å². The topological polar surface area (TPSA) is 4.93 Å². The number of halogens is 1. The molecular formula is C40H26BrN. The molecule has 0 aliphatic carbocycles. The molecule has 0 amide bonds. The fourth-order valence-corrected chi connectivity index (χ4v) is 6.62. The van der Waals surface area contributed by atoms with Gasteiger partial charge in [-0.15, -0.1) is 0 Å². The van der Waals surface area contributed by atoms with Crippen LogP contribution in [0.4, 0.5) is 0 Å². The highest BCUT2D eigenvalue weighted by Crippen LogP contribution is 2.39. The zero-order valence-electron chi connectivity index (χ0n) is 22.8. The summed E-state index contributed by atoms with van der Waals surface area (Å²) in [6.45, 7) is 0. The van der Waals surface area contributed by atoms with Crippen molar-refractivity contribution in [2.24, 2.45) is 0 Å². The fourth-order valence-electron chi connectivity index (χ4n) is 6.26. The highest BCUT2D eigenvalue weighted by Gasteiger charge is 2.16. The fraction of sp³-hybridized carbons (Fsp3) is 0. The molecule has 0 atom stereocenters. The second kappa shape index (κ2) is 10.2. The van der Waals surface area contributed by atoms with Crippen LogP contribution in [0.1, 0.15) is 0 Å². The van der Waals surface area contributed by atoms with E-state index in [9.17, 15) is 0 Å². The van der Waals surface area contributed by atoms with Gasteiger partial charge in [-0.05, 0) is 92.7 Å². The van der Waals surface area contributed by atoms with Crippen molar-refractivity contribution in [1.29, 1.82) is 0 Å². The quantitative estimate of drug-likeness (QED) is 0.189. The van der Waals surface area contributed by atoms with Gasteiger partial charge in [-0.25, -0.2) is 0 Å². The highest BCUT2D eigenvalue weighted by atomic mass is 79.9. The molecule has 8 aromatic rings. The van der Waals surface area contributed by atoms with Crippen molar-refractivity contribution in [3.05, 3.63) is 162 Å². The summed E-state index contributed by atoms with van der Waals surface area (Å²) in [6, 6.07) is 57.1. The Morgan fingerprint density at radius 2 is 1.05 bits per heavy atom. The third-order valence-corrected chi connectivity index (χ3v) is 8.71. The van der Waals surface area contributed by atoms with E-state index in [0.29, 0.717) is 0 Å². The molecule has 1 aromatic heterocycles. The van der Waals surface area contributed by atoms with Crippen LogP contribution in [-0.2, 0) is 0 Å². The predicted octanol–water partition coefficient (Wildman–Crippen LogP) is 11.7. The van der Waals surface area contributed by atoms with E-state index in [-0.39, 0.29) is 0 Å². The van der Waals surface area contributed by atoms with Gasteiger partial charge in [-0.3, -0.25) is 0 Å². The van der Waals surface area contributed by atoms with Crippen LogP contribution in [-0.4, -0.2) is 4.57 Å². The minimum absolute atomic E-state index is 1.08. The standard InChI is InChI=1S/C40H26BrN/c41-33-20-21-40-38(26-33)37-16-8-9-17-39(37)42(40)34-24-31(30-19-18-27-10-4-5-13-29(27)22-30)23-32(25-34)36-15-7-6-14-35(36)28-11-2-1-3-12-28/h1-26H. The lowest BCUT2D eigenvalue weighted by molar-refractivity contribution is 1.18. The largest absolute Gasteiger partial charge is 0.309 e. The van der Waals surface area contributed by atoms with Crippen molar-refractivity contribution in [1.82, 2.24) is 4.57 Å². The summed E-state index contributed by atoms with van der Waals surface area (Å²) < 4.78 is 3.50. The zero-order chi connectivity index (χ0) is 28.0. The number of hydrogen-bond acceptors (Lipinski definition) is 0. The number of para-hydroxylation sites is 1. The number of aromatic nitrogens is 1. The summed E-state index contributed by atoms with van der Waals surface area (Å²) in [5.74, 6) is 0. The molecule has 0 saturated carbocycles. The van der Waals surface area contributed by atoms with Gasteiger partial charge in [0.05, 0.1) is 11.0 Å². The molecule has 8 rings (SSSR count). The smallest absolute Gasteiger partial charge is 0.0541 e. The molecule has 2 heteroatoms. The van der Waals surface area contributed by atoms with Crippen molar-refractivity contribution in [3.63, 3.8) is 0 Å². The van der Waals surface area contributed by atoms with Gasteiger partial charge in [0, 0.05) is 20.9 Å². The van der Waals surface area contributed by atoms with Gasteiger partial charge in [0.15, 0.2) is 0 Å². The van der Waals surface area contributed by atoms with Gasteiger partial charge in [0.2, 0.25) is 0 Å². The first kappa shape index (κ1) is 24.8. The van der Waals surface area contributed by atoms with Crippen LogP contribution in [0.5, 0.6) is 0 Å². The van der Waals surface area contributed by atoms with Crippen molar-refractivity contribution in [2.45, 2.75) is 0 Å². The molecule has 0 aliphatic heterocycles. The van der Waals surface area contributed by atoms with Gasteiger partial charge in [-0.2, -0.15) is 0 Å². The summed E-state index contributed by atoms with van der Waals surface area (Å²) in [5.41, 5.74) is 10.8. The first-order chi connectivity index (χ1) is 20.7. The molecule has 7 aromatic carbocycles. The van der Waals surface area contributed by atoms with Crippen LogP contribution in [0.2, 0.25) is 0 Å².